The fourth-order valence-corrected chi connectivity index (χ4v) is 2.58. The van der Waals surface area contributed by atoms with Crippen molar-refractivity contribution >= 4 is 11.8 Å². The smallest absolute Gasteiger partial charge is 0.319 e. The molecule has 0 radical (unpaired) electrons. The number of carbonyl (C=O) groups is 1. The molecule has 21 heavy (non-hydrogen) atoms. The Labute approximate surface area is 124 Å². The summed E-state index contributed by atoms with van der Waals surface area (Å²) in [4.78, 5) is 25.7. The van der Waals surface area contributed by atoms with Gasteiger partial charge in [-0.05, 0) is 12.8 Å². The Morgan fingerprint density at radius 3 is 2.48 bits per heavy atom. The van der Waals surface area contributed by atoms with E-state index in [1.165, 1.54) is 6.20 Å². The van der Waals surface area contributed by atoms with Gasteiger partial charge in [0.15, 0.2) is 11.5 Å². The number of hydrogen-bond donors (Lipinski definition) is 0. The number of nitriles is 1. The van der Waals surface area contributed by atoms with Gasteiger partial charge < -0.3 is 14.7 Å². The lowest BCUT2D eigenvalue weighted by molar-refractivity contribution is 0.155. The zero-order valence-electron chi connectivity index (χ0n) is 12.7. The van der Waals surface area contributed by atoms with Crippen LogP contribution in [-0.2, 0) is 0 Å². The van der Waals surface area contributed by atoms with Crippen LogP contribution in [0.5, 0.6) is 0 Å². The molecule has 0 spiro atoms. The minimum atomic E-state index is 0.0191. The van der Waals surface area contributed by atoms with Gasteiger partial charge in [0.1, 0.15) is 6.07 Å². The van der Waals surface area contributed by atoms with Crippen molar-refractivity contribution in [1.82, 2.24) is 19.8 Å². The van der Waals surface area contributed by atoms with E-state index in [1.54, 1.807) is 30.1 Å². The number of amides is 2. The minimum Gasteiger partial charge on any atom is -0.354 e. The molecule has 2 heterocycles. The van der Waals surface area contributed by atoms with E-state index in [0.717, 1.165) is 25.9 Å². The highest BCUT2D eigenvalue weighted by Gasteiger charge is 2.27. The first kappa shape index (κ1) is 15.0. The van der Waals surface area contributed by atoms with Crippen LogP contribution in [0.25, 0.3) is 0 Å². The predicted octanol–water partition coefficient (Wildman–Crippen LogP) is 0.930. The number of hydrogen-bond acceptors (Lipinski definition) is 5. The molecule has 2 rings (SSSR count). The van der Waals surface area contributed by atoms with Crippen LogP contribution in [0, 0.1) is 11.3 Å². The Hall–Kier alpha value is -2.36. The summed E-state index contributed by atoms with van der Waals surface area (Å²) >= 11 is 0. The molecular weight excluding hydrogens is 268 g/mol. The topological polar surface area (TPSA) is 76.4 Å². The number of piperidine rings is 1. The highest BCUT2D eigenvalue weighted by atomic mass is 16.2. The molecule has 1 fully saturated rings. The Balaban J connectivity index is 2.01. The summed E-state index contributed by atoms with van der Waals surface area (Å²) in [6, 6.07) is 2.31. The molecule has 1 aromatic rings. The quantitative estimate of drug-likeness (QED) is 0.809. The van der Waals surface area contributed by atoms with Gasteiger partial charge in [-0.25, -0.2) is 14.8 Å². The van der Waals surface area contributed by atoms with Gasteiger partial charge in [0.25, 0.3) is 0 Å². The molecule has 0 bridgehead atoms. The largest absolute Gasteiger partial charge is 0.354 e. The predicted molar refractivity (Wildman–Crippen MR) is 78.8 cm³/mol. The van der Waals surface area contributed by atoms with Crippen molar-refractivity contribution in [2.75, 3.05) is 39.1 Å². The average Bonchev–Trinajstić information content (AvgIpc) is 2.53. The molecule has 0 aromatic carbocycles. The van der Waals surface area contributed by atoms with Crippen LogP contribution < -0.4 is 4.90 Å². The number of rotatable bonds is 2. The summed E-state index contributed by atoms with van der Waals surface area (Å²) in [5.41, 5.74) is 0.355. The van der Waals surface area contributed by atoms with Gasteiger partial charge in [0.05, 0.1) is 0 Å². The lowest BCUT2D eigenvalue weighted by Crippen LogP contribution is -2.48. The molecule has 1 saturated heterocycles. The second kappa shape index (κ2) is 6.39. The lowest BCUT2D eigenvalue weighted by atomic mass is 10.0. The van der Waals surface area contributed by atoms with Crippen LogP contribution in [-0.4, -0.2) is 66.1 Å². The molecule has 2 amide bonds. The third-order valence-electron chi connectivity index (χ3n) is 3.78. The van der Waals surface area contributed by atoms with Crippen LogP contribution in [0.3, 0.4) is 0 Å². The molecule has 0 unspecified atom stereocenters. The first-order valence-corrected chi connectivity index (χ1v) is 6.94. The van der Waals surface area contributed by atoms with Crippen LogP contribution in [0.4, 0.5) is 10.6 Å². The van der Waals surface area contributed by atoms with Gasteiger partial charge in [0.2, 0.25) is 0 Å². The van der Waals surface area contributed by atoms with Gasteiger partial charge in [0, 0.05) is 52.7 Å². The zero-order valence-corrected chi connectivity index (χ0v) is 12.7. The van der Waals surface area contributed by atoms with E-state index in [4.69, 9.17) is 5.26 Å². The van der Waals surface area contributed by atoms with E-state index in [0.29, 0.717) is 11.5 Å². The first-order valence-electron chi connectivity index (χ1n) is 6.94. The van der Waals surface area contributed by atoms with Gasteiger partial charge in [-0.3, -0.25) is 0 Å². The van der Waals surface area contributed by atoms with Gasteiger partial charge in [-0.2, -0.15) is 5.26 Å². The second-order valence-corrected chi connectivity index (χ2v) is 5.35. The standard InChI is InChI=1S/C14H20N6O/c1-18(2)14(21)19(3)11-4-8-20(9-5-11)13-12(10-15)16-6-7-17-13/h6-7,11H,4-5,8-9H2,1-3H3. The van der Waals surface area contributed by atoms with Crippen molar-refractivity contribution in [1.29, 1.82) is 5.26 Å². The highest BCUT2D eigenvalue weighted by Crippen LogP contribution is 2.22. The minimum absolute atomic E-state index is 0.0191. The number of anilines is 1. The normalized spacial score (nSPS) is 15.4. The van der Waals surface area contributed by atoms with E-state index in [-0.39, 0.29) is 12.1 Å². The summed E-state index contributed by atoms with van der Waals surface area (Å²) in [6.45, 7) is 1.53. The Kier molecular flexibility index (Phi) is 4.58. The van der Waals surface area contributed by atoms with Gasteiger partial charge in [-0.1, -0.05) is 0 Å². The van der Waals surface area contributed by atoms with Gasteiger partial charge >= 0.3 is 6.03 Å². The molecule has 0 saturated carbocycles. The summed E-state index contributed by atoms with van der Waals surface area (Å²) in [7, 11) is 5.35. The van der Waals surface area contributed by atoms with E-state index in [1.807, 2.05) is 7.05 Å². The highest BCUT2D eigenvalue weighted by molar-refractivity contribution is 5.73. The monoisotopic (exact) mass is 288 g/mol. The van der Waals surface area contributed by atoms with Crippen LogP contribution in [0.15, 0.2) is 12.4 Å². The van der Waals surface area contributed by atoms with Crippen LogP contribution in [0.2, 0.25) is 0 Å². The first-order chi connectivity index (χ1) is 10.0. The molecular formula is C14H20N6O. The Morgan fingerprint density at radius 2 is 1.90 bits per heavy atom. The molecule has 1 aliphatic heterocycles. The van der Waals surface area contributed by atoms with Crippen molar-refractivity contribution in [3.05, 3.63) is 18.1 Å². The maximum atomic E-state index is 12.0. The van der Waals surface area contributed by atoms with Crippen LogP contribution >= 0.6 is 0 Å². The van der Waals surface area contributed by atoms with Crippen molar-refractivity contribution in [3.8, 4) is 6.07 Å². The summed E-state index contributed by atoms with van der Waals surface area (Å²) in [5.74, 6) is 0.639. The summed E-state index contributed by atoms with van der Waals surface area (Å²) in [5, 5.41) is 9.09. The summed E-state index contributed by atoms with van der Waals surface area (Å²) in [6.07, 6.45) is 4.84. The third kappa shape index (κ3) is 3.21. The second-order valence-electron chi connectivity index (χ2n) is 5.35. The number of urea groups is 1. The molecule has 0 atom stereocenters. The Morgan fingerprint density at radius 1 is 1.29 bits per heavy atom. The fraction of sp³-hybridized carbons (Fsp3) is 0.571. The molecule has 0 N–H and O–H groups in total. The van der Waals surface area contributed by atoms with E-state index in [9.17, 15) is 4.79 Å². The molecule has 7 nitrogen and oxygen atoms in total. The van der Waals surface area contributed by atoms with Crippen LogP contribution in [0.1, 0.15) is 18.5 Å². The molecule has 1 aromatic heterocycles. The molecule has 0 aliphatic carbocycles. The SMILES string of the molecule is CN(C)C(=O)N(C)C1CCN(c2nccnc2C#N)CC1. The number of nitrogens with zero attached hydrogens (tertiary/aromatic N) is 6. The molecule has 112 valence electrons. The zero-order chi connectivity index (χ0) is 15.4. The number of aromatic nitrogens is 2. The van der Waals surface area contributed by atoms with E-state index in [2.05, 4.69) is 20.9 Å². The average molecular weight is 288 g/mol. The third-order valence-corrected chi connectivity index (χ3v) is 3.78. The van der Waals surface area contributed by atoms with Crippen molar-refractivity contribution in [2.45, 2.75) is 18.9 Å². The van der Waals surface area contributed by atoms with E-state index >= 15 is 0 Å². The lowest BCUT2D eigenvalue weighted by Gasteiger charge is -2.38. The maximum absolute atomic E-state index is 12.0. The van der Waals surface area contributed by atoms with Crippen molar-refractivity contribution < 1.29 is 4.79 Å². The van der Waals surface area contributed by atoms with Crippen molar-refractivity contribution in [3.63, 3.8) is 0 Å². The number of carbonyl (C=O) groups excluding carboxylic acids is 1. The maximum Gasteiger partial charge on any atom is 0.319 e. The van der Waals surface area contributed by atoms with Gasteiger partial charge in [-0.15, -0.1) is 0 Å². The molecule has 7 heteroatoms. The molecule has 1 aliphatic rings. The van der Waals surface area contributed by atoms with Crippen molar-refractivity contribution in [2.24, 2.45) is 0 Å². The summed E-state index contributed by atoms with van der Waals surface area (Å²) < 4.78 is 0. The fourth-order valence-electron chi connectivity index (χ4n) is 2.58. The Bertz CT molecular complexity index is 545. The van der Waals surface area contributed by atoms with E-state index < -0.39 is 0 Å².